The number of thioether (sulfide) groups is 1. The summed E-state index contributed by atoms with van der Waals surface area (Å²) in [6, 6.07) is 6.10. The fourth-order valence-electron chi connectivity index (χ4n) is 3.63. The van der Waals surface area contributed by atoms with Gasteiger partial charge < -0.3 is 0 Å². The van der Waals surface area contributed by atoms with E-state index in [4.69, 9.17) is 4.84 Å². The molecule has 2 aromatic rings. The Hall–Kier alpha value is -2.71. The minimum Gasteiger partial charge on any atom is -0.275 e. The molecule has 1 aromatic heterocycles. The molecule has 2 aliphatic rings. The Morgan fingerprint density at radius 3 is 2.76 bits per heavy atom. The summed E-state index contributed by atoms with van der Waals surface area (Å²) in [5.74, 6) is 1.33. The number of hydrogen-bond acceptors (Lipinski definition) is 7. The summed E-state index contributed by atoms with van der Waals surface area (Å²) in [4.78, 5) is 33.7. The van der Waals surface area contributed by atoms with Gasteiger partial charge in [-0.15, -0.1) is 11.8 Å². The smallest absolute Gasteiger partial charge is 0.242 e. The maximum absolute atomic E-state index is 13.3. The van der Waals surface area contributed by atoms with Crippen LogP contribution in [0.1, 0.15) is 31.9 Å². The average molecular weight is 410 g/mol. The molecule has 2 aliphatic heterocycles. The number of hydrogen-bond donors (Lipinski definition) is 0. The Morgan fingerprint density at radius 1 is 1.24 bits per heavy atom. The summed E-state index contributed by atoms with van der Waals surface area (Å²) in [6.07, 6.45) is 7.13. The third kappa shape index (κ3) is 3.22. The van der Waals surface area contributed by atoms with Gasteiger partial charge in [0.1, 0.15) is 10.9 Å². The lowest BCUT2D eigenvalue weighted by Crippen LogP contribution is -2.33. The number of aliphatic imine (C=N–C) groups is 1. The first-order valence-corrected chi connectivity index (χ1v) is 10.5. The highest BCUT2D eigenvalue weighted by Gasteiger charge is 2.45. The second-order valence-electron chi connectivity index (χ2n) is 7.47. The quantitative estimate of drug-likeness (QED) is 0.716. The number of amides is 1. The Kier molecular flexibility index (Phi) is 4.92. The fraction of sp³-hybridized carbons (Fsp3) is 0.333. The van der Waals surface area contributed by atoms with E-state index in [0.29, 0.717) is 12.4 Å². The molecule has 0 bridgehead atoms. The molecular formula is C21H23N5O2S. The molecule has 8 heteroatoms. The molecule has 0 fully saturated rings. The number of amidine groups is 1. The van der Waals surface area contributed by atoms with E-state index in [1.807, 2.05) is 51.4 Å². The van der Waals surface area contributed by atoms with Crippen LogP contribution >= 0.6 is 11.8 Å². The topological polar surface area (TPSA) is 70.9 Å². The normalized spacial score (nSPS) is 17.9. The summed E-state index contributed by atoms with van der Waals surface area (Å²) in [6.45, 7) is 6.38. The Balaban J connectivity index is 1.81. The standard InChI is InChI=1S/C21H23N5O2S/c1-13-23-9-15(12-25(13)28-4)14-6-7-16-17(8-14)26(20(27)21(16,2)3)18-10-22-11-19(24-18)29-5/h6-11H,12H2,1-5H3. The van der Waals surface area contributed by atoms with Crippen LogP contribution in [0.5, 0.6) is 0 Å². The largest absolute Gasteiger partial charge is 0.275 e. The zero-order valence-electron chi connectivity index (χ0n) is 17.1. The second kappa shape index (κ2) is 7.27. The average Bonchev–Trinajstić information content (AvgIpc) is 2.93. The van der Waals surface area contributed by atoms with Gasteiger partial charge in [-0.3, -0.25) is 19.5 Å². The molecule has 1 aromatic carbocycles. The number of carbonyl (C=O) groups excluding carboxylic acids is 1. The minimum absolute atomic E-state index is 0.0118. The molecule has 4 rings (SSSR count). The summed E-state index contributed by atoms with van der Waals surface area (Å²) in [7, 11) is 1.63. The molecule has 0 spiro atoms. The molecule has 0 N–H and O–H groups in total. The first kappa shape index (κ1) is 19.6. The van der Waals surface area contributed by atoms with Crippen molar-refractivity contribution in [2.24, 2.45) is 4.99 Å². The molecule has 0 atom stereocenters. The van der Waals surface area contributed by atoms with Crippen LogP contribution in [0.15, 0.2) is 46.8 Å². The van der Waals surface area contributed by atoms with Crippen molar-refractivity contribution in [2.75, 3.05) is 24.8 Å². The maximum atomic E-state index is 13.3. The van der Waals surface area contributed by atoms with Gasteiger partial charge in [0.2, 0.25) is 5.91 Å². The summed E-state index contributed by atoms with van der Waals surface area (Å²) < 4.78 is 0. The van der Waals surface area contributed by atoms with Gasteiger partial charge in [-0.2, -0.15) is 0 Å². The molecule has 0 saturated heterocycles. The van der Waals surface area contributed by atoms with E-state index in [1.54, 1.807) is 29.5 Å². The molecule has 29 heavy (non-hydrogen) atoms. The zero-order valence-corrected chi connectivity index (χ0v) is 17.9. The lowest BCUT2D eigenvalue weighted by atomic mass is 9.85. The number of rotatable bonds is 4. The predicted molar refractivity (Wildman–Crippen MR) is 115 cm³/mol. The molecule has 0 saturated carbocycles. The van der Waals surface area contributed by atoms with Gasteiger partial charge in [0.15, 0.2) is 5.82 Å². The van der Waals surface area contributed by atoms with Crippen LogP contribution in [0, 0.1) is 0 Å². The molecule has 150 valence electrons. The molecule has 7 nitrogen and oxygen atoms in total. The third-order valence-electron chi connectivity index (χ3n) is 5.36. The number of fused-ring (bicyclic) bond motifs is 1. The highest BCUT2D eigenvalue weighted by Crippen LogP contribution is 2.46. The highest BCUT2D eigenvalue weighted by atomic mass is 32.2. The van der Waals surface area contributed by atoms with Crippen molar-refractivity contribution in [3.8, 4) is 0 Å². The first-order valence-electron chi connectivity index (χ1n) is 9.27. The van der Waals surface area contributed by atoms with Crippen LogP contribution in [0.25, 0.3) is 5.57 Å². The van der Waals surface area contributed by atoms with E-state index in [2.05, 4.69) is 15.0 Å². The highest BCUT2D eigenvalue weighted by molar-refractivity contribution is 7.98. The maximum Gasteiger partial charge on any atom is 0.242 e. The minimum atomic E-state index is -0.640. The van der Waals surface area contributed by atoms with E-state index >= 15 is 0 Å². The van der Waals surface area contributed by atoms with Crippen LogP contribution in [0.2, 0.25) is 0 Å². The molecule has 0 aliphatic carbocycles. The summed E-state index contributed by atoms with van der Waals surface area (Å²) in [5, 5.41) is 2.51. The van der Waals surface area contributed by atoms with E-state index in [9.17, 15) is 4.79 Å². The molecule has 3 heterocycles. The van der Waals surface area contributed by atoms with Crippen molar-refractivity contribution in [3.05, 3.63) is 47.9 Å². The van der Waals surface area contributed by atoms with Crippen molar-refractivity contribution in [1.82, 2.24) is 15.0 Å². The van der Waals surface area contributed by atoms with Gasteiger partial charge in [0.25, 0.3) is 0 Å². The number of aromatic nitrogens is 2. The van der Waals surface area contributed by atoms with Gasteiger partial charge in [-0.05, 0) is 49.8 Å². The van der Waals surface area contributed by atoms with Crippen LogP contribution in [-0.2, 0) is 15.0 Å². The summed E-state index contributed by atoms with van der Waals surface area (Å²) in [5.41, 5.74) is 3.18. The van der Waals surface area contributed by atoms with Crippen molar-refractivity contribution in [2.45, 2.75) is 31.2 Å². The number of anilines is 2. The second-order valence-corrected chi connectivity index (χ2v) is 8.29. The lowest BCUT2D eigenvalue weighted by molar-refractivity contribution is -0.121. The molecule has 0 unspecified atom stereocenters. The summed E-state index contributed by atoms with van der Waals surface area (Å²) >= 11 is 1.50. The Bertz CT molecular complexity index is 1050. The van der Waals surface area contributed by atoms with E-state index in [0.717, 1.165) is 33.2 Å². The van der Waals surface area contributed by atoms with Crippen LogP contribution in [-0.4, -0.2) is 46.7 Å². The van der Waals surface area contributed by atoms with Gasteiger partial charge in [0, 0.05) is 6.20 Å². The predicted octanol–water partition coefficient (Wildman–Crippen LogP) is 3.79. The monoisotopic (exact) mass is 409 g/mol. The number of hydroxylamine groups is 2. The van der Waals surface area contributed by atoms with Crippen molar-refractivity contribution in [3.63, 3.8) is 0 Å². The SMILES string of the molecule is CON1CC(c2ccc3c(c2)N(c2cncc(SC)n2)C(=O)C3(C)C)=CN=C1C. The lowest BCUT2D eigenvalue weighted by Gasteiger charge is -2.26. The Morgan fingerprint density at radius 2 is 2.03 bits per heavy atom. The van der Waals surface area contributed by atoms with E-state index in [-0.39, 0.29) is 5.91 Å². The zero-order chi connectivity index (χ0) is 20.8. The van der Waals surface area contributed by atoms with Gasteiger partial charge in [-0.25, -0.2) is 15.0 Å². The van der Waals surface area contributed by atoms with Crippen LogP contribution < -0.4 is 4.90 Å². The Labute approximate surface area is 174 Å². The van der Waals surface area contributed by atoms with E-state index < -0.39 is 5.41 Å². The van der Waals surface area contributed by atoms with Gasteiger partial charge >= 0.3 is 0 Å². The van der Waals surface area contributed by atoms with Crippen molar-refractivity contribution < 1.29 is 9.63 Å². The van der Waals surface area contributed by atoms with Gasteiger partial charge in [0.05, 0.1) is 37.2 Å². The third-order valence-corrected chi connectivity index (χ3v) is 5.98. The fourth-order valence-corrected chi connectivity index (χ4v) is 3.98. The number of benzene rings is 1. The first-order chi connectivity index (χ1) is 13.9. The van der Waals surface area contributed by atoms with Crippen LogP contribution in [0.4, 0.5) is 11.5 Å². The number of carbonyl (C=O) groups is 1. The molecule has 0 radical (unpaired) electrons. The molecular weight excluding hydrogens is 386 g/mol. The van der Waals surface area contributed by atoms with Crippen LogP contribution in [0.3, 0.4) is 0 Å². The number of nitrogens with zero attached hydrogens (tertiary/aromatic N) is 5. The van der Waals surface area contributed by atoms with Crippen molar-refractivity contribution in [1.29, 1.82) is 0 Å². The van der Waals surface area contributed by atoms with Crippen molar-refractivity contribution >= 4 is 40.6 Å². The van der Waals surface area contributed by atoms with Gasteiger partial charge in [-0.1, -0.05) is 12.1 Å². The van der Waals surface area contributed by atoms with E-state index in [1.165, 1.54) is 11.8 Å². The molecule has 1 amide bonds.